The van der Waals surface area contributed by atoms with Gasteiger partial charge in [0.1, 0.15) is 10.6 Å². The summed E-state index contributed by atoms with van der Waals surface area (Å²) in [6, 6.07) is 2.06. The van der Waals surface area contributed by atoms with Crippen molar-refractivity contribution >= 4 is 33.3 Å². The molecule has 2 N–H and O–H groups in total. The Balaban J connectivity index is 1.83. The number of rotatable bonds is 3. The van der Waals surface area contributed by atoms with Gasteiger partial charge in [-0.1, -0.05) is 0 Å². The van der Waals surface area contributed by atoms with Crippen molar-refractivity contribution in [3.05, 3.63) is 11.4 Å². The van der Waals surface area contributed by atoms with Crippen LogP contribution in [0, 0.1) is 5.92 Å². The first-order valence-corrected chi connectivity index (χ1v) is 7.41. The molecule has 0 amide bonds. The molecule has 3 heterocycles. The fourth-order valence-electron chi connectivity index (χ4n) is 2.55. The molecule has 2 aromatic rings. The Morgan fingerprint density at radius 3 is 3.00 bits per heavy atom. The predicted octanol–water partition coefficient (Wildman–Crippen LogP) is 2.14. The van der Waals surface area contributed by atoms with Gasteiger partial charge in [0.2, 0.25) is 5.95 Å². The first-order valence-electron chi connectivity index (χ1n) is 6.53. The summed E-state index contributed by atoms with van der Waals surface area (Å²) in [6.45, 7) is 2.74. The smallest absolute Gasteiger partial charge is 0.223 e. The third-order valence-corrected chi connectivity index (χ3v) is 4.36. The van der Waals surface area contributed by atoms with Crippen LogP contribution in [0.15, 0.2) is 11.4 Å². The maximum absolute atomic E-state index is 5.79. The first-order chi connectivity index (χ1) is 9.24. The summed E-state index contributed by atoms with van der Waals surface area (Å²) in [5.74, 6) is 1.96. The summed E-state index contributed by atoms with van der Waals surface area (Å²) in [5.41, 5.74) is 5.79. The molecule has 1 aliphatic heterocycles. The van der Waals surface area contributed by atoms with E-state index in [-0.39, 0.29) is 0 Å². The van der Waals surface area contributed by atoms with Gasteiger partial charge in [0, 0.05) is 26.8 Å². The van der Waals surface area contributed by atoms with Crippen LogP contribution < -0.4 is 10.6 Å². The van der Waals surface area contributed by atoms with Crippen molar-refractivity contribution in [1.29, 1.82) is 0 Å². The van der Waals surface area contributed by atoms with Gasteiger partial charge in [-0.15, -0.1) is 11.3 Å². The molecule has 1 aliphatic rings. The molecule has 0 bridgehead atoms. The van der Waals surface area contributed by atoms with Crippen molar-refractivity contribution in [1.82, 2.24) is 9.97 Å². The standard InChI is InChI=1S/C13H18N4OS/c1-17(8-9-2-5-18-6-3-9)11-10-4-7-19-12(10)16-13(14)15-11/h4,7,9H,2-3,5-6,8H2,1H3,(H2,14,15,16). The number of hydrogen-bond acceptors (Lipinski definition) is 6. The Morgan fingerprint density at radius 2 is 2.21 bits per heavy atom. The summed E-state index contributed by atoms with van der Waals surface area (Å²) < 4.78 is 5.40. The lowest BCUT2D eigenvalue weighted by Crippen LogP contribution is -2.30. The molecule has 0 atom stereocenters. The van der Waals surface area contributed by atoms with E-state index in [1.165, 1.54) is 0 Å². The summed E-state index contributed by atoms with van der Waals surface area (Å²) in [5, 5.41) is 3.12. The van der Waals surface area contributed by atoms with Gasteiger partial charge in [-0.05, 0) is 30.2 Å². The Morgan fingerprint density at radius 1 is 1.42 bits per heavy atom. The lowest BCUT2D eigenvalue weighted by molar-refractivity contribution is 0.0685. The maximum Gasteiger partial charge on any atom is 0.223 e. The number of nitrogen functional groups attached to an aromatic ring is 1. The lowest BCUT2D eigenvalue weighted by Gasteiger charge is -2.28. The number of ether oxygens (including phenoxy) is 1. The number of aromatic nitrogens is 2. The largest absolute Gasteiger partial charge is 0.381 e. The van der Waals surface area contributed by atoms with E-state index < -0.39 is 0 Å². The zero-order valence-corrected chi connectivity index (χ0v) is 11.8. The van der Waals surface area contributed by atoms with Gasteiger partial charge in [-0.25, -0.2) is 4.98 Å². The molecule has 19 heavy (non-hydrogen) atoms. The molecular formula is C13H18N4OS. The van der Waals surface area contributed by atoms with Gasteiger partial charge in [-0.3, -0.25) is 0 Å². The Hall–Kier alpha value is -1.40. The van der Waals surface area contributed by atoms with E-state index in [1.54, 1.807) is 11.3 Å². The highest BCUT2D eigenvalue weighted by Crippen LogP contribution is 2.29. The summed E-state index contributed by atoms with van der Waals surface area (Å²) in [6.07, 6.45) is 2.25. The molecule has 0 unspecified atom stereocenters. The molecule has 1 saturated heterocycles. The van der Waals surface area contributed by atoms with Crippen LogP contribution in [0.5, 0.6) is 0 Å². The second-order valence-corrected chi connectivity index (χ2v) is 5.88. The molecule has 0 aliphatic carbocycles. The molecule has 6 heteroatoms. The Bertz CT molecular complexity index is 565. The van der Waals surface area contributed by atoms with Crippen molar-refractivity contribution in [3.8, 4) is 0 Å². The minimum atomic E-state index is 0.351. The molecular weight excluding hydrogens is 260 g/mol. The van der Waals surface area contributed by atoms with Crippen LogP contribution in [-0.2, 0) is 4.74 Å². The van der Waals surface area contributed by atoms with E-state index in [9.17, 15) is 0 Å². The second-order valence-electron chi connectivity index (χ2n) is 4.98. The third kappa shape index (κ3) is 2.64. The van der Waals surface area contributed by atoms with Gasteiger partial charge in [0.05, 0.1) is 5.39 Å². The summed E-state index contributed by atoms with van der Waals surface area (Å²) in [4.78, 5) is 11.8. The van der Waals surface area contributed by atoms with Crippen LogP contribution in [0.3, 0.4) is 0 Å². The van der Waals surface area contributed by atoms with Crippen molar-refractivity contribution < 1.29 is 4.74 Å². The van der Waals surface area contributed by atoms with Crippen molar-refractivity contribution in [2.24, 2.45) is 5.92 Å². The van der Waals surface area contributed by atoms with Crippen molar-refractivity contribution in [2.45, 2.75) is 12.8 Å². The first kappa shape index (κ1) is 12.6. The highest BCUT2D eigenvalue weighted by Gasteiger charge is 2.18. The van der Waals surface area contributed by atoms with Crippen LogP contribution in [0.2, 0.25) is 0 Å². The van der Waals surface area contributed by atoms with E-state index in [0.29, 0.717) is 11.9 Å². The highest BCUT2D eigenvalue weighted by molar-refractivity contribution is 7.16. The van der Waals surface area contributed by atoms with Crippen LogP contribution in [0.4, 0.5) is 11.8 Å². The van der Waals surface area contributed by atoms with Crippen LogP contribution >= 0.6 is 11.3 Å². The maximum atomic E-state index is 5.79. The highest BCUT2D eigenvalue weighted by atomic mass is 32.1. The average molecular weight is 278 g/mol. The molecule has 0 aromatic carbocycles. The number of thiophene rings is 1. The SMILES string of the molecule is CN(CC1CCOCC1)c1nc(N)nc2sccc12. The van der Waals surface area contributed by atoms with Crippen LogP contribution in [-0.4, -0.2) is 36.8 Å². The topological polar surface area (TPSA) is 64.3 Å². The number of nitrogens with two attached hydrogens (primary N) is 1. The summed E-state index contributed by atoms with van der Waals surface area (Å²) in [7, 11) is 2.08. The number of hydrogen-bond donors (Lipinski definition) is 1. The average Bonchev–Trinajstić information content (AvgIpc) is 2.86. The molecule has 0 radical (unpaired) electrons. The minimum absolute atomic E-state index is 0.351. The van der Waals surface area contributed by atoms with Crippen LogP contribution in [0.25, 0.3) is 10.2 Å². The monoisotopic (exact) mass is 278 g/mol. The van der Waals surface area contributed by atoms with E-state index >= 15 is 0 Å². The fraction of sp³-hybridized carbons (Fsp3) is 0.538. The molecule has 102 valence electrons. The lowest BCUT2D eigenvalue weighted by atomic mass is 10.00. The molecule has 0 saturated carbocycles. The number of anilines is 2. The Kier molecular flexibility index (Phi) is 3.52. The molecule has 2 aromatic heterocycles. The van der Waals surface area contributed by atoms with Gasteiger partial charge in [-0.2, -0.15) is 4.98 Å². The molecule has 3 rings (SSSR count). The van der Waals surface area contributed by atoms with Crippen LogP contribution in [0.1, 0.15) is 12.8 Å². The normalized spacial score (nSPS) is 16.9. The van der Waals surface area contributed by atoms with Crippen molar-refractivity contribution in [2.75, 3.05) is 37.4 Å². The zero-order valence-electron chi connectivity index (χ0n) is 11.0. The number of fused-ring (bicyclic) bond motifs is 1. The third-order valence-electron chi connectivity index (χ3n) is 3.56. The molecule has 5 nitrogen and oxygen atoms in total. The van der Waals surface area contributed by atoms with Gasteiger partial charge >= 0.3 is 0 Å². The van der Waals surface area contributed by atoms with E-state index in [0.717, 1.165) is 48.6 Å². The van der Waals surface area contributed by atoms with E-state index in [4.69, 9.17) is 10.5 Å². The van der Waals surface area contributed by atoms with Gasteiger partial charge in [0.25, 0.3) is 0 Å². The summed E-state index contributed by atoms with van der Waals surface area (Å²) >= 11 is 1.60. The van der Waals surface area contributed by atoms with E-state index in [2.05, 4.69) is 28.0 Å². The molecule has 0 spiro atoms. The van der Waals surface area contributed by atoms with Gasteiger partial charge in [0.15, 0.2) is 0 Å². The van der Waals surface area contributed by atoms with E-state index in [1.807, 2.05) is 5.38 Å². The van der Waals surface area contributed by atoms with Gasteiger partial charge < -0.3 is 15.4 Å². The minimum Gasteiger partial charge on any atom is -0.381 e. The molecule has 1 fully saturated rings. The van der Waals surface area contributed by atoms with Crippen molar-refractivity contribution in [3.63, 3.8) is 0 Å². The zero-order chi connectivity index (χ0) is 13.2. The Labute approximate surface area is 116 Å². The number of nitrogens with zero attached hydrogens (tertiary/aromatic N) is 3. The predicted molar refractivity (Wildman–Crippen MR) is 78.6 cm³/mol. The quantitative estimate of drug-likeness (QED) is 0.932. The second kappa shape index (κ2) is 5.30. The fourth-order valence-corrected chi connectivity index (χ4v) is 3.32.